The van der Waals surface area contributed by atoms with Crippen LogP contribution in [0.25, 0.3) is 0 Å². The minimum atomic E-state index is -6.60. The molecule has 42 heavy (non-hydrogen) atoms. The molecule has 0 aliphatic heterocycles. The average molecular weight is 714 g/mol. The SMILES string of the molecule is O=S(=O)(CC(F)(F)C(F)(F)F)Oc1ccc(OS(=O)(=O)CC(F)(F)C(F)(F)F)c(OS(=O)(=O)CC(F)(F)C(F)(F)F)c1. The summed E-state index contributed by atoms with van der Waals surface area (Å²) in [4.78, 5) is 0. The largest absolute Gasteiger partial charge is 0.454 e. The Hall–Kier alpha value is -2.58. The second kappa shape index (κ2) is 11.2. The first-order valence-electron chi connectivity index (χ1n) is 9.36. The van der Waals surface area contributed by atoms with Crippen molar-refractivity contribution in [3.63, 3.8) is 0 Å². The second-order valence-corrected chi connectivity index (χ2v) is 12.3. The molecule has 0 aliphatic rings. The van der Waals surface area contributed by atoms with Crippen molar-refractivity contribution in [3.05, 3.63) is 18.2 Å². The maximum atomic E-state index is 13.2. The fraction of sp³-hybridized carbons (Fsp3) is 0.600. The standard InChI is InChI=1S/C15H9F15O9S3/c16-10(17,13(22,23)24)4-40(31,32)37-7-1-2-8(38-41(33,34)5-11(18,19)14(25,26)27)9(3-7)39-42(35,36)6-12(20,21)15(28,29)30/h1-3H,4-6H2. The van der Waals surface area contributed by atoms with E-state index in [1.54, 1.807) is 0 Å². The second-order valence-electron chi connectivity index (χ2n) is 7.57. The van der Waals surface area contributed by atoms with Crippen LogP contribution >= 0.6 is 0 Å². The van der Waals surface area contributed by atoms with Gasteiger partial charge in [-0.1, -0.05) is 0 Å². The van der Waals surface area contributed by atoms with Gasteiger partial charge >= 0.3 is 66.7 Å². The summed E-state index contributed by atoms with van der Waals surface area (Å²) in [7, 11) is -18.7. The Balaban J connectivity index is 3.60. The van der Waals surface area contributed by atoms with E-state index >= 15 is 0 Å². The van der Waals surface area contributed by atoms with Gasteiger partial charge in [0.25, 0.3) is 0 Å². The highest BCUT2D eigenvalue weighted by molar-refractivity contribution is 7.87. The van der Waals surface area contributed by atoms with E-state index in [1.165, 1.54) is 0 Å². The van der Waals surface area contributed by atoms with Crippen molar-refractivity contribution in [1.29, 1.82) is 0 Å². The molecular weight excluding hydrogens is 705 g/mol. The van der Waals surface area contributed by atoms with Gasteiger partial charge in [-0.05, 0) is 12.1 Å². The maximum Gasteiger partial charge on any atom is 0.454 e. The molecule has 1 aromatic rings. The van der Waals surface area contributed by atoms with Crippen LogP contribution in [0.4, 0.5) is 65.9 Å². The van der Waals surface area contributed by atoms with Crippen molar-refractivity contribution in [2.45, 2.75) is 36.3 Å². The molecule has 0 atom stereocenters. The third kappa shape index (κ3) is 10.0. The molecule has 0 amide bonds. The van der Waals surface area contributed by atoms with Crippen molar-refractivity contribution in [2.24, 2.45) is 0 Å². The van der Waals surface area contributed by atoms with Crippen LogP contribution in [0.5, 0.6) is 17.2 Å². The predicted molar refractivity (Wildman–Crippen MR) is 103 cm³/mol. The van der Waals surface area contributed by atoms with Crippen molar-refractivity contribution >= 4 is 30.4 Å². The van der Waals surface area contributed by atoms with Gasteiger partial charge in [-0.3, -0.25) is 0 Å². The summed E-state index contributed by atoms with van der Waals surface area (Å²) in [5, 5.41) is 0. The molecule has 0 bridgehead atoms. The smallest absolute Gasteiger partial charge is 0.382 e. The van der Waals surface area contributed by atoms with Gasteiger partial charge in [0.15, 0.2) is 28.8 Å². The zero-order valence-electron chi connectivity index (χ0n) is 18.9. The first-order chi connectivity index (χ1) is 18.1. The molecule has 0 N–H and O–H groups in total. The lowest BCUT2D eigenvalue weighted by molar-refractivity contribution is -0.271. The zero-order chi connectivity index (χ0) is 33.6. The fourth-order valence-corrected chi connectivity index (χ4v) is 5.31. The van der Waals surface area contributed by atoms with Crippen LogP contribution < -0.4 is 12.5 Å². The molecule has 0 saturated carbocycles. The van der Waals surface area contributed by atoms with Crippen LogP contribution in [0.1, 0.15) is 0 Å². The molecule has 1 aromatic carbocycles. The molecule has 0 aromatic heterocycles. The average Bonchev–Trinajstić information content (AvgIpc) is 2.64. The van der Waals surface area contributed by atoms with E-state index in [4.69, 9.17) is 0 Å². The molecule has 0 unspecified atom stereocenters. The van der Waals surface area contributed by atoms with E-state index in [9.17, 15) is 91.1 Å². The Morgan fingerprint density at radius 1 is 0.452 bits per heavy atom. The topological polar surface area (TPSA) is 130 Å². The van der Waals surface area contributed by atoms with E-state index in [-0.39, 0.29) is 12.1 Å². The van der Waals surface area contributed by atoms with E-state index in [0.717, 1.165) is 0 Å². The van der Waals surface area contributed by atoms with Crippen LogP contribution in [-0.4, -0.2) is 78.8 Å². The Kier molecular flexibility index (Phi) is 9.95. The fourth-order valence-electron chi connectivity index (χ4n) is 2.09. The van der Waals surface area contributed by atoms with Gasteiger partial charge in [0, 0.05) is 6.07 Å². The van der Waals surface area contributed by atoms with Gasteiger partial charge in [-0.25, -0.2) is 0 Å². The molecule has 9 nitrogen and oxygen atoms in total. The molecule has 0 saturated heterocycles. The van der Waals surface area contributed by atoms with Crippen molar-refractivity contribution < 1.29 is 104 Å². The Morgan fingerprint density at radius 3 is 1.05 bits per heavy atom. The minimum absolute atomic E-state index is 0.0557. The van der Waals surface area contributed by atoms with Crippen LogP contribution in [0.15, 0.2) is 18.2 Å². The van der Waals surface area contributed by atoms with E-state index in [2.05, 4.69) is 12.5 Å². The lowest BCUT2D eigenvalue weighted by Gasteiger charge is -2.21. The number of halogens is 15. The summed E-state index contributed by atoms with van der Waals surface area (Å²) in [6, 6.07) is -0.693. The number of rotatable bonds is 12. The summed E-state index contributed by atoms with van der Waals surface area (Å²) in [5.41, 5.74) is 0. The van der Waals surface area contributed by atoms with Crippen LogP contribution in [0, 0.1) is 0 Å². The molecule has 0 fully saturated rings. The van der Waals surface area contributed by atoms with Crippen molar-refractivity contribution in [1.82, 2.24) is 0 Å². The lowest BCUT2D eigenvalue weighted by Crippen LogP contribution is -2.44. The van der Waals surface area contributed by atoms with Gasteiger partial charge in [0.1, 0.15) is 5.75 Å². The summed E-state index contributed by atoms with van der Waals surface area (Å²) in [6.07, 6.45) is -19.7. The normalized spacial score (nSPS) is 14.9. The number of alkyl halides is 15. The number of benzene rings is 1. The predicted octanol–water partition coefficient (Wildman–Crippen LogP) is 4.41. The van der Waals surface area contributed by atoms with Gasteiger partial charge in [0.05, 0.1) is 0 Å². The van der Waals surface area contributed by atoms with Crippen molar-refractivity contribution in [2.75, 3.05) is 17.3 Å². The van der Waals surface area contributed by atoms with E-state index < -0.39 is 107 Å². The van der Waals surface area contributed by atoms with Crippen LogP contribution in [0.2, 0.25) is 0 Å². The highest BCUT2D eigenvalue weighted by Gasteiger charge is 2.62. The molecule has 0 aliphatic carbocycles. The van der Waals surface area contributed by atoms with E-state index in [0.29, 0.717) is 0 Å². The molecule has 0 radical (unpaired) electrons. The minimum Gasteiger partial charge on any atom is -0.382 e. The molecular formula is C15H9F15O9S3. The van der Waals surface area contributed by atoms with Gasteiger partial charge in [-0.2, -0.15) is 91.1 Å². The van der Waals surface area contributed by atoms with E-state index in [1.807, 2.05) is 0 Å². The summed E-state index contributed by atoms with van der Waals surface area (Å²) < 4.78 is 271. The Morgan fingerprint density at radius 2 is 0.738 bits per heavy atom. The van der Waals surface area contributed by atoms with Crippen LogP contribution in [-0.2, 0) is 30.4 Å². The van der Waals surface area contributed by atoms with Gasteiger partial charge < -0.3 is 12.5 Å². The molecule has 246 valence electrons. The molecule has 1 rings (SSSR count). The van der Waals surface area contributed by atoms with Crippen molar-refractivity contribution in [3.8, 4) is 17.2 Å². The summed E-state index contributed by atoms with van der Waals surface area (Å²) in [5.74, 6) is -33.8. The highest BCUT2D eigenvalue weighted by atomic mass is 32.2. The first-order valence-corrected chi connectivity index (χ1v) is 14.1. The highest BCUT2D eigenvalue weighted by Crippen LogP contribution is 2.41. The quantitative estimate of drug-likeness (QED) is 0.229. The Labute approximate surface area is 223 Å². The zero-order valence-corrected chi connectivity index (χ0v) is 21.4. The molecule has 0 spiro atoms. The van der Waals surface area contributed by atoms with Crippen LogP contribution in [0.3, 0.4) is 0 Å². The first kappa shape index (κ1) is 37.4. The monoisotopic (exact) mass is 714 g/mol. The number of hydrogen-bond donors (Lipinski definition) is 0. The third-order valence-electron chi connectivity index (χ3n) is 3.89. The number of hydrogen-bond acceptors (Lipinski definition) is 9. The molecule has 27 heteroatoms. The third-order valence-corrected chi connectivity index (χ3v) is 7.35. The van der Waals surface area contributed by atoms with Gasteiger partial charge in [0.2, 0.25) is 0 Å². The maximum absolute atomic E-state index is 13.2. The summed E-state index contributed by atoms with van der Waals surface area (Å²) >= 11 is 0. The van der Waals surface area contributed by atoms with Gasteiger partial charge in [-0.15, -0.1) is 0 Å². The Bertz CT molecular complexity index is 1460. The lowest BCUT2D eigenvalue weighted by atomic mass is 10.3. The molecule has 0 heterocycles. The summed E-state index contributed by atoms with van der Waals surface area (Å²) in [6.45, 7) is 0.